The first-order valence-electron chi connectivity index (χ1n) is 10.8. The fourth-order valence-corrected chi connectivity index (χ4v) is 4.79. The summed E-state index contributed by atoms with van der Waals surface area (Å²) in [7, 11) is 4.66. The highest BCUT2D eigenvalue weighted by molar-refractivity contribution is 7.18. The van der Waals surface area contributed by atoms with E-state index in [1.807, 2.05) is 48.5 Å². The van der Waals surface area contributed by atoms with Gasteiger partial charge in [-0.15, -0.1) is 11.3 Å². The second-order valence-corrected chi connectivity index (χ2v) is 8.75. The van der Waals surface area contributed by atoms with Crippen LogP contribution in [-0.2, 0) is 11.3 Å². The fraction of sp³-hybridized carbons (Fsp3) is 0.148. The Morgan fingerprint density at radius 3 is 2.20 bits per heavy atom. The fourth-order valence-electron chi connectivity index (χ4n) is 3.91. The molecule has 0 atom stereocenters. The summed E-state index contributed by atoms with van der Waals surface area (Å²) >= 11 is 1.51. The number of thiazole rings is 1. The van der Waals surface area contributed by atoms with Crippen LogP contribution in [-0.4, -0.2) is 37.3 Å². The highest BCUT2D eigenvalue weighted by atomic mass is 32.1. The van der Waals surface area contributed by atoms with E-state index in [9.17, 15) is 4.79 Å². The van der Waals surface area contributed by atoms with Gasteiger partial charge in [0.05, 0.1) is 48.3 Å². The lowest BCUT2D eigenvalue weighted by atomic mass is 10.0. The van der Waals surface area contributed by atoms with Crippen molar-refractivity contribution in [3.63, 3.8) is 0 Å². The molecule has 0 spiro atoms. The summed E-state index contributed by atoms with van der Waals surface area (Å²) < 4.78 is 23.1. The van der Waals surface area contributed by atoms with Crippen molar-refractivity contribution >= 4 is 38.4 Å². The number of nitrogens with zero attached hydrogens (tertiary/aromatic N) is 2. The Balaban J connectivity index is 1.53. The molecule has 0 aliphatic rings. The Morgan fingerprint density at radius 1 is 0.829 bits per heavy atom. The van der Waals surface area contributed by atoms with Gasteiger partial charge in [0.15, 0.2) is 11.5 Å². The topological polar surface area (TPSA) is 79.8 Å². The van der Waals surface area contributed by atoms with Gasteiger partial charge in [-0.05, 0) is 36.4 Å². The molecule has 3 aromatic carbocycles. The van der Waals surface area contributed by atoms with Crippen LogP contribution in [0.3, 0.4) is 0 Å². The minimum atomic E-state index is -0.448. The van der Waals surface area contributed by atoms with Crippen molar-refractivity contribution in [2.45, 2.75) is 6.61 Å². The Morgan fingerprint density at radius 2 is 1.51 bits per heavy atom. The Kier molecular flexibility index (Phi) is 6.20. The lowest BCUT2D eigenvalue weighted by Crippen LogP contribution is -2.07. The van der Waals surface area contributed by atoms with Gasteiger partial charge in [0.25, 0.3) is 0 Å². The molecule has 0 saturated heterocycles. The summed E-state index contributed by atoms with van der Waals surface area (Å²) in [4.78, 5) is 22.6. The van der Waals surface area contributed by atoms with Crippen molar-refractivity contribution in [2.75, 3.05) is 21.3 Å². The first kappa shape index (κ1) is 22.6. The lowest BCUT2D eigenvalue weighted by molar-refractivity contribution is 0.0475. The maximum Gasteiger partial charge on any atom is 0.339 e. The predicted octanol–water partition coefficient (Wildman–Crippen LogP) is 5.89. The summed E-state index contributed by atoms with van der Waals surface area (Å²) in [5.41, 5.74) is 3.27. The summed E-state index contributed by atoms with van der Waals surface area (Å²) in [5.74, 6) is 1.03. The zero-order valence-corrected chi connectivity index (χ0v) is 20.2. The van der Waals surface area contributed by atoms with Crippen LogP contribution < -0.4 is 14.2 Å². The van der Waals surface area contributed by atoms with Crippen LogP contribution >= 0.6 is 11.3 Å². The molecule has 2 heterocycles. The van der Waals surface area contributed by atoms with Gasteiger partial charge in [-0.25, -0.2) is 14.8 Å². The van der Waals surface area contributed by atoms with Gasteiger partial charge in [-0.3, -0.25) is 0 Å². The predicted molar refractivity (Wildman–Crippen MR) is 136 cm³/mol. The first-order chi connectivity index (χ1) is 17.1. The molecular formula is C27H22N2O5S. The highest BCUT2D eigenvalue weighted by Gasteiger charge is 2.19. The third kappa shape index (κ3) is 4.36. The molecule has 0 bridgehead atoms. The third-order valence-corrected chi connectivity index (χ3v) is 6.57. The number of hydrogen-bond acceptors (Lipinski definition) is 8. The largest absolute Gasteiger partial charge is 0.493 e. The molecule has 176 valence electrons. The second-order valence-electron chi connectivity index (χ2n) is 7.64. The van der Waals surface area contributed by atoms with E-state index < -0.39 is 5.97 Å². The van der Waals surface area contributed by atoms with Crippen molar-refractivity contribution in [3.05, 3.63) is 77.3 Å². The van der Waals surface area contributed by atoms with E-state index in [0.29, 0.717) is 45.0 Å². The molecule has 5 aromatic rings. The van der Waals surface area contributed by atoms with E-state index in [-0.39, 0.29) is 6.61 Å². The monoisotopic (exact) mass is 486 g/mol. The first-order valence-corrected chi connectivity index (χ1v) is 11.6. The minimum absolute atomic E-state index is 0.0916. The van der Waals surface area contributed by atoms with E-state index in [1.54, 1.807) is 39.5 Å². The van der Waals surface area contributed by atoms with Crippen molar-refractivity contribution < 1.29 is 23.7 Å². The maximum atomic E-state index is 13.2. The van der Waals surface area contributed by atoms with Crippen LogP contribution in [0.25, 0.3) is 32.4 Å². The lowest BCUT2D eigenvalue weighted by Gasteiger charge is -2.15. The number of carbonyl (C=O) groups is 1. The van der Waals surface area contributed by atoms with Crippen LogP contribution in [0.2, 0.25) is 0 Å². The molecule has 5 rings (SSSR count). The van der Waals surface area contributed by atoms with E-state index in [2.05, 4.69) is 4.98 Å². The number of para-hydroxylation sites is 2. The molecule has 0 aliphatic heterocycles. The number of aromatic nitrogens is 2. The molecule has 0 radical (unpaired) electrons. The van der Waals surface area contributed by atoms with E-state index in [4.69, 9.17) is 23.9 Å². The molecule has 8 heteroatoms. The van der Waals surface area contributed by atoms with Crippen molar-refractivity contribution in [1.29, 1.82) is 0 Å². The SMILES string of the molecule is COc1cc(-c2cc(C(=O)OCc3nc4ccccc4s3)c3ccccc3n2)cc(OC)c1OC. The van der Waals surface area contributed by atoms with Crippen LogP contribution in [0, 0.1) is 0 Å². The average Bonchev–Trinajstić information content (AvgIpc) is 3.33. The van der Waals surface area contributed by atoms with E-state index in [0.717, 1.165) is 15.2 Å². The number of ether oxygens (including phenoxy) is 4. The Bertz CT molecular complexity index is 1490. The molecule has 0 saturated carbocycles. The van der Waals surface area contributed by atoms with E-state index in [1.165, 1.54) is 11.3 Å². The Hall–Kier alpha value is -4.17. The molecule has 0 N–H and O–H groups in total. The number of hydrogen-bond donors (Lipinski definition) is 0. The summed E-state index contributed by atoms with van der Waals surface area (Å²) in [6.07, 6.45) is 0. The van der Waals surface area contributed by atoms with Gasteiger partial charge in [-0.2, -0.15) is 0 Å². The Labute approximate surface area is 205 Å². The van der Waals surface area contributed by atoms with Crippen LogP contribution in [0.1, 0.15) is 15.4 Å². The van der Waals surface area contributed by atoms with Crippen LogP contribution in [0.5, 0.6) is 17.2 Å². The summed E-state index contributed by atoms with van der Waals surface area (Å²) in [6, 6.07) is 20.6. The third-order valence-electron chi connectivity index (χ3n) is 5.56. The molecule has 2 aromatic heterocycles. The molecule has 0 unspecified atom stereocenters. The summed E-state index contributed by atoms with van der Waals surface area (Å²) in [6.45, 7) is 0.0916. The zero-order chi connectivity index (χ0) is 24.4. The average molecular weight is 487 g/mol. The van der Waals surface area contributed by atoms with Gasteiger partial charge >= 0.3 is 5.97 Å². The zero-order valence-electron chi connectivity index (χ0n) is 19.4. The van der Waals surface area contributed by atoms with Crippen molar-refractivity contribution in [3.8, 4) is 28.5 Å². The number of methoxy groups -OCH3 is 3. The molecule has 0 fully saturated rings. The van der Waals surface area contributed by atoms with Gasteiger partial charge in [0, 0.05) is 10.9 Å². The maximum absolute atomic E-state index is 13.2. The molecule has 0 amide bonds. The van der Waals surface area contributed by atoms with Gasteiger partial charge in [0.2, 0.25) is 5.75 Å². The van der Waals surface area contributed by atoms with Crippen molar-refractivity contribution in [1.82, 2.24) is 9.97 Å². The normalized spacial score (nSPS) is 10.9. The summed E-state index contributed by atoms with van der Waals surface area (Å²) in [5, 5.41) is 1.45. The molecule has 35 heavy (non-hydrogen) atoms. The van der Waals surface area contributed by atoms with Gasteiger partial charge < -0.3 is 18.9 Å². The van der Waals surface area contributed by atoms with E-state index >= 15 is 0 Å². The number of rotatable bonds is 7. The van der Waals surface area contributed by atoms with Gasteiger partial charge in [-0.1, -0.05) is 30.3 Å². The van der Waals surface area contributed by atoms with Gasteiger partial charge in [0.1, 0.15) is 11.6 Å². The molecular weight excluding hydrogens is 464 g/mol. The smallest absolute Gasteiger partial charge is 0.339 e. The molecule has 7 nitrogen and oxygen atoms in total. The number of fused-ring (bicyclic) bond motifs is 2. The number of carbonyl (C=O) groups excluding carboxylic acids is 1. The second kappa shape index (κ2) is 9.60. The number of pyridine rings is 1. The quantitative estimate of drug-likeness (QED) is 0.265. The molecule has 0 aliphatic carbocycles. The minimum Gasteiger partial charge on any atom is -0.493 e. The standard InChI is InChI=1S/C27H22N2O5S/c1-31-22-12-16(13-23(32-2)26(22)33-3)21-14-18(17-8-4-5-9-19(17)28-21)27(30)34-15-25-29-20-10-6-7-11-24(20)35-25/h4-14H,15H2,1-3H3. The van der Waals surface area contributed by atoms with Crippen LogP contribution in [0.15, 0.2) is 66.7 Å². The number of esters is 1. The van der Waals surface area contributed by atoms with Crippen molar-refractivity contribution in [2.24, 2.45) is 0 Å². The number of benzene rings is 3. The highest BCUT2D eigenvalue weighted by Crippen LogP contribution is 2.41. The van der Waals surface area contributed by atoms with Crippen LogP contribution in [0.4, 0.5) is 0 Å².